The van der Waals surface area contributed by atoms with E-state index in [4.69, 9.17) is 5.73 Å². The van der Waals surface area contributed by atoms with Gasteiger partial charge in [-0.1, -0.05) is 37.3 Å². The van der Waals surface area contributed by atoms with Gasteiger partial charge >= 0.3 is 0 Å². The van der Waals surface area contributed by atoms with E-state index in [1.807, 2.05) is 57.2 Å². The SMILES string of the molecule is CCc1ccccc1CC(=O)Nc1ccc(-c2cnc(N)c(C(=O)NC(C)C)c2)c(C)c1. The topological polar surface area (TPSA) is 97.1 Å². The number of pyridine rings is 1. The highest BCUT2D eigenvalue weighted by molar-refractivity contribution is 5.99. The molecule has 0 fully saturated rings. The van der Waals surface area contributed by atoms with Gasteiger partial charge in [0, 0.05) is 23.5 Å². The molecule has 0 bridgehead atoms. The summed E-state index contributed by atoms with van der Waals surface area (Å²) >= 11 is 0. The van der Waals surface area contributed by atoms with Crippen LogP contribution in [0.1, 0.15) is 47.8 Å². The maximum Gasteiger partial charge on any atom is 0.255 e. The average molecular weight is 431 g/mol. The number of aromatic nitrogens is 1. The van der Waals surface area contributed by atoms with Gasteiger partial charge in [-0.25, -0.2) is 4.98 Å². The zero-order valence-electron chi connectivity index (χ0n) is 19.0. The van der Waals surface area contributed by atoms with Crippen molar-refractivity contribution in [3.63, 3.8) is 0 Å². The smallest absolute Gasteiger partial charge is 0.255 e. The summed E-state index contributed by atoms with van der Waals surface area (Å²) in [5, 5.41) is 5.83. The number of nitrogens with two attached hydrogens (primary N) is 1. The number of anilines is 2. The van der Waals surface area contributed by atoms with Crippen molar-refractivity contribution in [1.82, 2.24) is 10.3 Å². The Bertz CT molecular complexity index is 1140. The molecule has 6 nitrogen and oxygen atoms in total. The fourth-order valence-corrected chi connectivity index (χ4v) is 3.66. The number of nitrogens with one attached hydrogen (secondary N) is 2. The number of carbonyl (C=O) groups excluding carboxylic acids is 2. The lowest BCUT2D eigenvalue weighted by Gasteiger charge is -2.13. The third-order valence-corrected chi connectivity index (χ3v) is 5.25. The molecule has 0 radical (unpaired) electrons. The van der Waals surface area contributed by atoms with Crippen LogP contribution in [0, 0.1) is 6.92 Å². The molecular formula is C26H30N4O2. The summed E-state index contributed by atoms with van der Waals surface area (Å²) in [5.41, 5.74) is 11.9. The molecule has 1 aromatic heterocycles. The number of hydrogen-bond donors (Lipinski definition) is 3. The second kappa shape index (κ2) is 10.1. The molecule has 0 aliphatic carbocycles. The van der Waals surface area contributed by atoms with Crippen molar-refractivity contribution < 1.29 is 9.59 Å². The van der Waals surface area contributed by atoms with Crippen molar-refractivity contribution in [3.05, 3.63) is 77.0 Å². The molecule has 0 unspecified atom stereocenters. The van der Waals surface area contributed by atoms with Crippen LogP contribution < -0.4 is 16.4 Å². The normalized spacial score (nSPS) is 10.8. The summed E-state index contributed by atoms with van der Waals surface area (Å²) in [7, 11) is 0. The van der Waals surface area contributed by atoms with Crippen molar-refractivity contribution >= 4 is 23.3 Å². The molecule has 0 aliphatic heterocycles. The molecule has 1 heterocycles. The second-order valence-corrected chi connectivity index (χ2v) is 8.16. The first kappa shape index (κ1) is 23.0. The lowest BCUT2D eigenvalue weighted by atomic mass is 9.99. The minimum absolute atomic E-state index is 0.000483. The summed E-state index contributed by atoms with van der Waals surface area (Å²) in [6.07, 6.45) is 2.88. The van der Waals surface area contributed by atoms with Gasteiger partial charge in [0.15, 0.2) is 0 Å². The lowest BCUT2D eigenvalue weighted by Crippen LogP contribution is -2.30. The maximum absolute atomic E-state index is 12.6. The fourth-order valence-electron chi connectivity index (χ4n) is 3.66. The number of benzene rings is 2. The van der Waals surface area contributed by atoms with Crippen LogP contribution >= 0.6 is 0 Å². The zero-order valence-corrected chi connectivity index (χ0v) is 19.0. The van der Waals surface area contributed by atoms with Gasteiger partial charge in [-0.3, -0.25) is 9.59 Å². The number of rotatable bonds is 7. The molecule has 0 atom stereocenters. The number of carbonyl (C=O) groups is 2. The Morgan fingerprint density at radius 3 is 2.44 bits per heavy atom. The lowest BCUT2D eigenvalue weighted by molar-refractivity contribution is -0.115. The predicted molar refractivity (Wildman–Crippen MR) is 130 cm³/mol. The molecule has 3 aromatic rings. The summed E-state index contributed by atoms with van der Waals surface area (Å²) < 4.78 is 0. The van der Waals surface area contributed by atoms with E-state index in [0.29, 0.717) is 12.0 Å². The molecule has 32 heavy (non-hydrogen) atoms. The van der Waals surface area contributed by atoms with Crippen LogP contribution in [0.2, 0.25) is 0 Å². The first-order valence-corrected chi connectivity index (χ1v) is 10.8. The molecule has 4 N–H and O–H groups in total. The molecular weight excluding hydrogens is 400 g/mol. The highest BCUT2D eigenvalue weighted by Gasteiger charge is 2.15. The van der Waals surface area contributed by atoms with E-state index in [-0.39, 0.29) is 23.7 Å². The van der Waals surface area contributed by atoms with Crippen molar-refractivity contribution in [3.8, 4) is 11.1 Å². The quantitative estimate of drug-likeness (QED) is 0.513. The number of nitrogen functional groups attached to an aromatic ring is 1. The van der Waals surface area contributed by atoms with Gasteiger partial charge in [-0.15, -0.1) is 0 Å². The zero-order chi connectivity index (χ0) is 23.3. The summed E-state index contributed by atoms with van der Waals surface area (Å²) in [5.74, 6) is -0.110. The van der Waals surface area contributed by atoms with E-state index >= 15 is 0 Å². The minimum atomic E-state index is -0.249. The monoisotopic (exact) mass is 430 g/mol. The van der Waals surface area contributed by atoms with E-state index in [1.165, 1.54) is 5.56 Å². The van der Waals surface area contributed by atoms with Crippen LogP contribution in [-0.2, 0) is 17.6 Å². The minimum Gasteiger partial charge on any atom is -0.383 e. The standard InChI is InChI=1S/C26H30N4O2/c1-5-18-8-6-7-9-19(18)14-24(31)30-21-10-11-22(17(4)12-21)20-13-23(25(27)28-15-20)26(32)29-16(2)3/h6-13,15-16H,5,14H2,1-4H3,(H2,27,28)(H,29,32)(H,30,31). The van der Waals surface area contributed by atoms with Crippen molar-refractivity contribution in [2.45, 2.75) is 46.6 Å². The Morgan fingerprint density at radius 1 is 1.06 bits per heavy atom. The van der Waals surface area contributed by atoms with Gasteiger partial charge in [0.2, 0.25) is 5.91 Å². The first-order chi connectivity index (χ1) is 15.3. The first-order valence-electron chi connectivity index (χ1n) is 10.8. The Kier molecular flexibility index (Phi) is 7.25. The van der Waals surface area contributed by atoms with Gasteiger partial charge in [0.05, 0.1) is 12.0 Å². The van der Waals surface area contributed by atoms with Crippen molar-refractivity contribution in [1.29, 1.82) is 0 Å². The molecule has 2 amide bonds. The van der Waals surface area contributed by atoms with Gasteiger partial charge in [0.1, 0.15) is 5.82 Å². The van der Waals surface area contributed by atoms with Crippen molar-refractivity contribution in [2.24, 2.45) is 0 Å². The highest BCUT2D eigenvalue weighted by Crippen LogP contribution is 2.27. The number of amides is 2. The van der Waals surface area contributed by atoms with E-state index in [9.17, 15) is 9.59 Å². The van der Waals surface area contributed by atoms with Crippen LogP contribution in [0.25, 0.3) is 11.1 Å². The Morgan fingerprint density at radius 2 is 1.78 bits per heavy atom. The van der Waals surface area contributed by atoms with E-state index in [2.05, 4.69) is 28.6 Å². The van der Waals surface area contributed by atoms with Gasteiger partial charge in [0.25, 0.3) is 5.91 Å². The number of aryl methyl sites for hydroxylation is 2. The molecule has 0 spiro atoms. The fraction of sp³-hybridized carbons (Fsp3) is 0.269. The molecule has 0 aliphatic rings. The van der Waals surface area contributed by atoms with Crippen molar-refractivity contribution in [2.75, 3.05) is 11.1 Å². The molecule has 3 rings (SSSR count). The molecule has 0 saturated carbocycles. The third-order valence-electron chi connectivity index (χ3n) is 5.25. The Hall–Kier alpha value is -3.67. The van der Waals surface area contributed by atoms with Crippen LogP contribution in [0.5, 0.6) is 0 Å². The van der Waals surface area contributed by atoms with Gasteiger partial charge < -0.3 is 16.4 Å². The largest absolute Gasteiger partial charge is 0.383 e. The van der Waals surface area contributed by atoms with E-state index < -0.39 is 0 Å². The van der Waals surface area contributed by atoms with E-state index in [0.717, 1.165) is 34.4 Å². The molecule has 0 saturated heterocycles. The predicted octanol–water partition coefficient (Wildman–Crippen LogP) is 4.52. The molecule has 2 aromatic carbocycles. The number of nitrogens with zero attached hydrogens (tertiary/aromatic N) is 1. The molecule has 166 valence electrons. The van der Waals surface area contributed by atoms with Crippen LogP contribution in [0.15, 0.2) is 54.7 Å². The summed E-state index contributed by atoms with van der Waals surface area (Å²) in [4.78, 5) is 29.2. The van der Waals surface area contributed by atoms with Gasteiger partial charge in [-0.2, -0.15) is 0 Å². The Balaban J connectivity index is 1.78. The van der Waals surface area contributed by atoms with E-state index in [1.54, 1.807) is 12.3 Å². The summed E-state index contributed by atoms with van der Waals surface area (Å²) in [6, 6.07) is 15.4. The van der Waals surface area contributed by atoms with Crippen LogP contribution in [0.3, 0.4) is 0 Å². The second-order valence-electron chi connectivity index (χ2n) is 8.16. The number of hydrogen-bond acceptors (Lipinski definition) is 4. The maximum atomic E-state index is 12.6. The van der Waals surface area contributed by atoms with Crippen LogP contribution in [0.4, 0.5) is 11.5 Å². The summed E-state index contributed by atoms with van der Waals surface area (Å²) in [6.45, 7) is 7.83. The van der Waals surface area contributed by atoms with Crippen LogP contribution in [-0.4, -0.2) is 22.8 Å². The van der Waals surface area contributed by atoms with Gasteiger partial charge in [-0.05, 0) is 67.6 Å². The third kappa shape index (κ3) is 5.52. The Labute approximate surface area is 189 Å². The highest BCUT2D eigenvalue weighted by atomic mass is 16.2. The average Bonchev–Trinajstić information content (AvgIpc) is 2.74. The molecule has 6 heteroatoms.